The molecule has 0 unspecified atom stereocenters. The lowest BCUT2D eigenvalue weighted by Crippen LogP contribution is -2.21. The summed E-state index contributed by atoms with van der Waals surface area (Å²) in [6.45, 7) is 2.50. The van der Waals surface area contributed by atoms with Crippen LogP contribution in [0.15, 0.2) is 84.2 Å². The molecule has 0 fully saturated rings. The van der Waals surface area contributed by atoms with Gasteiger partial charge in [0.15, 0.2) is 0 Å². The largest absolute Gasteiger partial charge is 0.490 e. The predicted molar refractivity (Wildman–Crippen MR) is 108 cm³/mol. The molecule has 6 nitrogen and oxygen atoms in total. The van der Waals surface area contributed by atoms with E-state index in [0.717, 1.165) is 11.3 Å². The van der Waals surface area contributed by atoms with Crippen LogP contribution >= 0.6 is 0 Å². The molecule has 0 atom stereocenters. The third-order valence-electron chi connectivity index (χ3n) is 3.89. The highest BCUT2D eigenvalue weighted by Gasteiger charge is 2.12. The maximum absolute atomic E-state index is 12.5. The van der Waals surface area contributed by atoms with Gasteiger partial charge < -0.3 is 9.47 Å². The first-order chi connectivity index (χ1) is 13.7. The lowest BCUT2D eigenvalue weighted by Gasteiger charge is -2.11. The maximum atomic E-state index is 12.5. The van der Waals surface area contributed by atoms with Gasteiger partial charge in [0, 0.05) is 18.0 Å². The van der Waals surface area contributed by atoms with Crippen molar-refractivity contribution in [2.24, 2.45) is 5.10 Å². The molecule has 0 aliphatic carbocycles. The van der Waals surface area contributed by atoms with Gasteiger partial charge in [-0.25, -0.2) is 5.43 Å². The number of hydrogen-bond donors (Lipinski definition) is 1. The van der Waals surface area contributed by atoms with Gasteiger partial charge in [0.1, 0.15) is 24.7 Å². The Labute approximate surface area is 163 Å². The van der Waals surface area contributed by atoms with Crippen molar-refractivity contribution in [2.45, 2.75) is 6.92 Å². The lowest BCUT2D eigenvalue weighted by atomic mass is 10.2. The van der Waals surface area contributed by atoms with Crippen LogP contribution in [0.3, 0.4) is 0 Å². The van der Waals surface area contributed by atoms with Crippen molar-refractivity contribution in [2.75, 3.05) is 13.2 Å². The van der Waals surface area contributed by atoms with Crippen LogP contribution in [-0.2, 0) is 0 Å². The van der Waals surface area contributed by atoms with Crippen LogP contribution in [0.25, 0.3) is 0 Å². The number of pyridine rings is 1. The standard InChI is InChI=1S/C22H21N3O3/c1-17(18-8-7-13-23-16-18)24-25-22(26)20-11-5-6-12-21(20)28-15-14-27-19-9-3-2-4-10-19/h2-13,16H,14-15H2,1H3,(H,25,26)/b24-17-. The molecule has 0 bridgehead atoms. The molecule has 0 saturated carbocycles. The molecular formula is C22H21N3O3. The average molecular weight is 375 g/mol. The Kier molecular flexibility index (Phi) is 6.73. The topological polar surface area (TPSA) is 72.8 Å². The number of aromatic nitrogens is 1. The number of hydrogen-bond acceptors (Lipinski definition) is 5. The Bertz CT molecular complexity index is 928. The van der Waals surface area contributed by atoms with E-state index in [1.165, 1.54) is 0 Å². The van der Waals surface area contributed by atoms with Crippen LogP contribution in [0, 0.1) is 0 Å². The van der Waals surface area contributed by atoms with E-state index in [2.05, 4.69) is 15.5 Å². The molecule has 1 heterocycles. The number of para-hydroxylation sites is 2. The first kappa shape index (κ1) is 19.1. The number of nitrogens with zero attached hydrogens (tertiary/aromatic N) is 2. The second-order valence-corrected chi connectivity index (χ2v) is 5.89. The molecule has 0 saturated heterocycles. The average Bonchev–Trinajstić information content (AvgIpc) is 2.76. The third-order valence-corrected chi connectivity index (χ3v) is 3.89. The molecule has 28 heavy (non-hydrogen) atoms. The fourth-order valence-electron chi connectivity index (χ4n) is 2.44. The van der Waals surface area contributed by atoms with Gasteiger partial charge in [-0.05, 0) is 37.3 Å². The normalized spacial score (nSPS) is 11.0. The van der Waals surface area contributed by atoms with E-state index >= 15 is 0 Å². The molecule has 1 aromatic heterocycles. The van der Waals surface area contributed by atoms with E-state index in [1.807, 2.05) is 48.5 Å². The van der Waals surface area contributed by atoms with Crippen LogP contribution < -0.4 is 14.9 Å². The number of amides is 1. The molecule has 0 spiro atoms. The van der Waals surface area contributed by atoms with E-state index in [-0.39, 0.29) is 5.91 Å². The van der Waals surface area contributed by atoms with Gasteiger partial charge in [0.2, 0.25) is 0 Å². The minimum absolute atomic E-state index is 0.317. The van der Waals surface area contributed by atoms with E-state index in [4.69, 9.17) is 9.47 Å². The molecule has 0 aliphatic heterocycles. The van der Waals surface area contributed by atoms with Gasteiger partial charge in [0.25, 0.3) is 5.91 Å². The summed E-state index contributed by atoms with van der Waals surface area (Å²) in [5.74, 6) is 0.908. The molecule has 142 valence electrons. The molecule has 6 heteroatoms. The Morgan fingerprint density at radius 2 is 1.71 bits per heavy atom. The van der Waals surface area contributed by atoms with Crippen LogP contribution in [0.2, 0.25) is 0 Å². The Balaban J connectivity index is 1.57. The van der Waals surface area contributed by atoms with Crippen molar-refractivity contribution < 1.29 is 14.3 Å². The Hall–Kier alpha value is -3.67. The summed E-state index contributed by atoms with van der Waals surface area (Å²) >= 11 is 0. The number of nitrogens with one attached hydrogen (secondary N) is 1. The molecule has 0 aliphatic rings. The Morgan fingerprint density at radius 3 is 2.50 bits per heavy atom. The second-order valence-electron chi connectivity index (χ2n) is 5.89. The smallest absolute Gasteiger partial charge is 0.275 e. The molecule has 3 aromatic rings. The van der Waals surface area contributed by atoms with Gasteiger partial charge in [-0.1, -0.05) is 36.4 Å². The van der Waals surface area contributed by atoms with Crippen molar-refractivity contribution in [1.29, 1.82) is 0 Å². The molecule has 1 amide bonds. The fraction of sp³-hybridized carbons (Fsp3) is 0.136. The summed E-state index contributed by atoms with van der Waals surface area (Å²) in [5.41, 5.74) is 4.47. The Morgan fingerprint density at radius 1 is 0.964 bits per heavy atom. The molecule has 3 rings (SSSR count). The van der Waals surface area contributed by atoms with Crippen molar-refractivity contribution in [3.8, 4) is 11.5 Å². The lowest BCUT2D eigenvalue weighted by molar-refractivity contribution is 0.0949. The zero-order valence-electron chi connectivity index (χ0n) is 15.5. The van der Waals surface area contributed by atoms with E-state index < -0.39 is 0 Å². The fourth-order valence-corrected chi connectivity index (χ4v) is 2.44. The summed E-state index contributed by atoms with van der Waals surface area (Å²) in [7, 11) is 0. The van der Waals surface area contributed by atoms with Crippen LogP contribution in [-0.4, -0.2) is 29.8 Å². The first-order valence-electron chi connectivity index (χ1n) is 8.89. The number of hydrazone groups is 1. The highest BCUT2D eigenvalue weighted by Crippen LogP contribution is 2.18. The number of carbonyl (C=O) groups is 1. The van der Waals surface area contributed by atoms with Gasteiger partial charge in [-0.3, -0.25) is 9.78 Å². The summed E-state index contributed by atoms with van der Waals surface area (Å²) < 4.78 is 11.3. The van der Waals surface area contributed by atoms with Crippen molar-refractivity contribution in [3.05, 3.63) is 90.3 Å². The maximum Gasteiger partial charge on any atom is 0.275 e. The number of rotatable bonds is 8. The zero-order chi connectivity index (χ0) is 19.6. The summed E-state index contributed by atoms with van der Waals surface area (Å²) in [5, 5.41) is 4.14. The summed E-state index contributed by atoms with van der Waals surface area (Å²) in [6, 6.07) is 20.2. The summed E-state index contributed by atoms with van der Waals surface area (Å²) in [4.78, 5) is 16.6. The highest BCUT2D eigenvalue weighted by molar-refractivity contribution is 6.01. The van der Waals surface area contributed by atoms with E-state index in [0.29, 0.717) is 30.2 Å². The molecule has 0 radical (unpaired) electrons. The van der Waals surface area contributed by atoms with Crippen LogP contribution in [0.5, 0.6) is 11.5 Å². The van der Waals surface area contributed by atoms with E-state index in [1.54, 1.807) is 37.5 Å². The van der Waals surface area contributed by atoms with Crippen molar-refractivity contribution in [3.63, 3.8) is 0 Å². The summed E-state index contributed by atoms with van der Waals surface area (Å²) in [6.07, 6.45) is 3.37. The quantitative estimate of drug-likeness (QED) is 0.370. The van der Waals surface area contributed by atoms with Crippen molar-refractivity contribution >= 4 is 11.6 Å². The van der Waals surface area contributed by atoms with Crippen LogP contribution in [0.4, 0.5) is 0 Å². The van der Waals surface area contributed by atoms with Crippen LogP contribution in [0.1, 0.15) is 22.8 Å². The van der Waals surface area contributed by atoms with Gasteiger partial charge >= 0.3 is 0 Å². The first-order valence-corrected chi connectivity index (χ1v) is 8.89. The molecular weight excluding hydrogens is 354 g/mol. The number of carbonyl (C=O) groups excluding carboxylic acids is 1. The van der Waals surface area contributed by atoms with E-state index in [9.17, 15) is 4.79 Å². The van der Waals surface area contributed by atoms with Gasteiger partial charge in [-0.2, -0.15) is 5.10 Å². The third kappa shape index (κ3) is 5.41. The highest BCUT2D eigenvalue weighted by atomic mass is 16.5. The minimum atomic E-state index is -0.345. The molecule has 2 aromatic carbocycles. The predicted octanol–water partition coefficient (Wildman–Crippen LogP) is 3.69. The second kappa shape index (κ2) is 9.87. The van der Waals surface area contributed by atoms with Gasteiger partial charge in [-0.15, -0.1) is 0 Å². The monoisotopic (exact) mass is 375 g/mol. The number of ether oxygens (including phenoxy) is 2. The SMILES string of the molecule is C/C(=N/NC(=O)c1ccccc1OCCOc1ccccc1)c1cccnc1. The zero-order valence-corrected chi connectivity index (χ0v) is 15.5. The number of benzene rings is 2. The minimum Gasteiger partial charge on any atom is -0.490 e. The van der Waals surface area contributed by atoms with Crippen molar-refractivity contribution in [1.82, 2.24) is 10.4 Å². The molecule has 1 N–H and O–H groups in total. The van der Waals surface area contributed by atoms with Gasteiger partial charge in [0.05, 0.1) is 11.3 Å².